The van der Waals surface area contributed by atoms with Gasteiger partial charge in [-0.15, -0.1) is 10.2 Å². The number of hydrogen-bond donors (Lipinski definition) is 1. The maximum atomic E-state index is 14.5. The maximum Gasteiger partial charge on any atom is 0.233 e. The molecular weight excluding hydrogens is 465 g/mol. The number of carbonyl (C=O) groups is 1. The van der Waals surface area contributed by atoms with Gasteiger partial charge < -0.3 is 14.3 Å². The summed E-state index contributed by atoms with van der Waals surface area (Å²) in [5.74, 6) is 0.288. The van der Waals surface area contributed by atoms with Crippen LogP contribution in [0.3, 0.4) is 0 Å². The second kappa shape index (κ2) is 9.87. The molecule has 0 radical (unpaired) electrons. The zero-order chi connectivity index (χ0) is 24.4. The van der Waals surface area contributed by atoms with Gasteiger partial charge in [-0.05, 0) is 43.7 Å². The molecule has 0 bridgehead atoms. The summed E-state index contributed by atoms with van der Waals surface area (Å²) in [7, 11) is 0. The standard InChI is InChI=1S/C26H24FN5O2S/c1-3-22(25(33)28-14-18-8-6-12-34-18)35-26-29-24-23(30-31-26)19-13-16(2)10-11-21(19)32(24)15-17-7-4-5-9-20(17)27/h4-13,22H,3,14-15H2,1-2H3,(H,28,33). The van der Waals surface area contributed by atoms with E-state index in [1.807, 2.05) is 48.7 Å². The SMILES string of the molecule is CCC(Sc1nnc2c3cc(C)ccc3n(Cc3ccccc3F)c2n1)C(=O)NCc1ccco1. The van der Waals surface area contributed by atoms with Gasteiger partial charge in [0.15, 0.2) is 5.65 Å². The van der Waals surface area contributed by atoms with E-state index in [0.29, 0.717) is 47.2 Å². The first-order valence-corrected chi connectivity index (χ1v) is 12.2. The van der Waals surface area contributed by atoms with Crippen LogP contribution in [0.2, 0.25) is 0 Å². The number of amides is 1. The van der Waals surface area contributed by atoms with Crippen LogP contribution in [0, 0.1) is 12.7 Å². The number of nitrogens with zero attached hydrogens (tertiary/aromatic N) is 4. The van der Waals surface area contributed by atoms with Crippen LogP contribution in [0.5, 0.6) is 0 Å². The molecule has 3 aromatic heterocycles. The minimum atomic E-state index is -0.393. The highest BCUT2D eigenvalue weighted by molar-refractivity contribution is 8.00. The molecule has 1 atom stereocenters. The molecule has 0 fully saturated rings. The Hall–Kier alpha value is -3.72. The van der Waals surface area contributed by atoms with E-state index in [9.17, 15) is 9.18 Å². The zero-order valence-corrected chi connectivity index (χ0v) is 20.2. The van der Waals surface area contributed by atoms with Gasteiger partial charge in [-0.2, -0.15) is 0 Å². The largest absolute Gasteiger partial charge is 0.467 e. The van der Waals surface area contributed by atoms with Gasteiger partial charge in [0.1, 0.15) is 17.1 Å². The highest BCUT2D eigenvalue weighted by Gasteiger charge is 2.22. The second-order valence-corrected chi connectivity index (χ2v) is 9.45. The number of nitrogens with one attached hydrogen (secondary N) is 1. The van der Waals surface area contributed by atoms with Crippen LogP contribution >= 0.6 is 11.8 Å². The summed E-state index contributed by atoms with van der Waals surface area (Å²) in [5, 5.41) is 12.6. The molecule has 5 rings (SSSR count). The van der Waals surface area contributed by atoms with Gasteiger partial charge in [0.2, 0.25) is 11.1 Å². The Balaban J connectivity index is 1.48. The van der Waals surface area contributed by atoms with Crippen molar-refractivity contribution in [1.29, 1.82) is 0 Å². The van der Waals surface area contributed by atoms with Crippen LogP contribution in [0.1, 0.15) is 30.2 Å². The summed E-state index contributed by atoms with van der Waals surface area (Å²) in [4.78, 5) is 17.5. The molecule has 7 nitrogen and oxygen atoms in total. The monoisotopic (exact) mass is 489 g/mol. The van der Waals surface area contributed by atoms with Crippen molar-refractivity contribution in [2.24, 2.45) is 0 Å². The molecule has 1 amide bonds. The number of halogens is 1. The van der Waals surface area contributed by atoms with Gasteiger partial charge in [0.05, 0.1) is 30.1 Å². The van der Waals surface area contributed by atoms with E-state index in [4.69, 9.17) is 9.40 Å². The number of fused-ring (bicyclic) bond motifs is 3. The number of aromatic nitrogens is 4. The van der Waals surface area contributed by atoms with E-state index >= 15 is 0 Å². The second-order valence-electron chi connectivity index (χ2n) is 8.28. The van der Waals surface area contributed by atoms with E-state index < -0.39 is 5.25 Å². The fraction of sp³-hybridized carbons (Fsp3) is 0.231. The van der Waals surface area contributed by atoms with Gasteiger partial charge in [-0.1, -0.05) is 48.5 Å². The molecule has 35 heavy (non-hydrogen) atoms. The third kappa shape index (κ3) is 4.77. The van der Waals surface area contributed by atoms with E-state index in [2.05, 4.69) is 15.5 Å². The number of rotatable bonds is 8. The first-order valence-electron chi connectivity index (χ1n) is 11.4. The number of hydrogen-bond acceptors (Lipinski definition) is 6. The van der Waals surface area contributed by atoms with Crippen LogP contribution in [-0.4, -0.2) is 30.9 Å². The Bertz CT molecular complexity index is 1500. The Morgan fingerprint density at radius 1 is 1.17 bits per heavy atom. The summed E-state index contributed by atoms with van der Waals surface area (Å²) in [6.45, 7) is 4.57. The topological polar surface area (TPSA) is 85.8 Å². The molecular formula is C26H24FN5O2S. The molecule has 3 heterocycles. The third-order valence-electron chi connectivity index (χ3n) is 5.82. The predicted molar refractivity (Wildman–Crippen MR) is 134 cm³/mol. The van der Waals surface area contributed by atoms with Gasteiger partial charge in [0, 0.05) is 10.9 Å². The molecule has 1 N–H and O–H groups in total. The Kier molecular flexibility index (Phi) is 6.50. The minimum Gasteiger partial charge on any atom is -0.467 e. The first-order chi connectivity index (χ1) is 17.0. The van der Waals surface area contributed by atoms with Crippen LogP contribution in [0.15, 0.2) is 70.4 Å². The Labute approximate surface area is 205 Å². The van der Waals surface area contributed by atoms with E-state index in [1.165, 1.54) is 17.8 Å². The molecule has 178 valence electrons. The average Bonchev–Trinajstić information content (AvgIpc) is 3.49. The molecule has 0 saturated heterocycles. The molecule has 0 aliphatic heterocycles. The molecule has 0 aliphatic rings. The lowest BCUT2D eigenvalue weighted by Gasteiger charge is -2.13. The fourth-order valence-electron chi connectivity index (χ4n) is 4.01. The zero-order valence-electron chi connectivity index (χ0n) is 19.4. The maximum absolute atomic E-state index is 14.5. The van der Waals surface area contributed by atoms with Crippen LogP contribution in [0.4, 0.5) is 4.39 Å². The van der Waals surface area contributed by atoms with Gasteiger partial charge in [0.25, 0.3) is 0 Å². The number of carbonyl (C=O) groups excluding carboxylic acids is 1. The minimum absolute atomic E-state index is 0.125. The van der Waals surface area contributed by atoms with Gasteiger partial charge in [-0.25, -0.2) is 9.37 Å². The van der Waals surface area contributed by atoms with Crippen molar-refractivity contribution < 1.29 is 13.6 Å². The van der Waals surface area contributed by atoms with Crippen LogP contribution < -0.4 is 5.32 Å². The smallest absolute Gasteiger partial charge is 0.233 e. The number of aryl methyl sites for hydroxylation is 1. The number of furan rings is 1. The van der Waals surface area contributed by atoms with Crippen LogP contribution in [0.25, 0.3) is 22.1 Å². The summed E-state index contributed by atoms with van der Waals surface area (Å²) >= 11 is 1.27. The van der Waals surface area contributed by atoms with Crippen molar-refractivity contribution >= 4 is 39.7 Å². The van der Waals surface area contributed by atoms with Crippen molar-refractivity contribution in [3.63, 3.8) is 0 Å². The van der Waals surface area contributed by atoms with Crippen molar-refractivity contribution in [2.75, 3.05) is 0 Å². The highest BCUT2D eigenvalue weighted by atomic mass is 32.2. The van der Waals surface area contributed by atoms with E-state index in [0.717, 1.165) is 16.5 Å². The molecule has 2 aromatic carbocycles. The third-order valence-corrected chi connectivity index (χ3v) is 7.03. The van der Waals surface area contributed by atoms with Gasteiger partial charge >= 0.3 is 0 Å². The van der Waals surface area contributed by atoms with Gasteiger partial charge in [-0.3, -0.25) is 4.79 Å². The number of thioether (sulfide) groups is 1. The molecule has 5 aromatic rings. The van der Waals surface area contributed by atoms with E-state index in [-0.39, 0.29) is 11.7 Å². The highest BCUT2D eigenvalue weighted by Crippen LogP contribution is 2.30. The molecule has 0 saturated carbocycles. The molecule has 9 heteroatoms. The Morgan fingerprint density at radius 3 is 2.80 bits per heavy atom. The van der Waals surface area contributed by atoms with Crippen molar-refractivity contribution in [2.45, 2.75) is 43.8 Å². The number of benzene rings is 2. The predicted octanol–water partition coefficient (Wildman–Crippen LogP) is 5.26. The first kappa shape index (κ1) is 23.0. The molecule has 0 aliphatic carbocycles. The fourth-order valence-corrected chi connectivity index (χ4v) is 4.85. The normalized spacial score (nSPS) is 12.3. The van der Waals surface area contributed by atoms with E-state index in [1.54, 1.807) is 24.5 Å². The van der Waals surface area contributed by atoms with Crippen molar-refractivity contribution in [3.05, 3.63) is 83.6 Å². The lowest BCUT2D eigenvalue weighted by atomic mass is 10.1. The van der Waals surface area contributed by atoms with Crippen LogP contribution in [-0.2, 0) is 17.9 Å². The summed E-state index contributed by atoms with van der Waals surface area (Å²) < 4.78 is 21.7. The summed E-state index contributed by atoms with van der Waals surface area (Å²) in [6, 6.07) is 16.4. The van der Waals surface area contributed by atoms with Crippen molar-refractivity contribution in [3.8, 4) is 0 Å². The van der Waals surface area contributed by atoms with Crippen molar-refractivity contribution in [1.82, 2.24) is 25.1 Å². The molecule has 1 unspecified atom stereocenters. The quantitative estimate of drug-likeness (QED) is 0.300. The lowest BCUT2D eigenvalue weighted by Crippen LogP contribution is -2.32. The average molecular weight is 490 g/mol. The lowest BCUT2D eigenvalue weighted by molar-refractivity contribution is -0.120. The summed E-state index contributed by atoms with van der Waals surface area (Å²) in [5.41, 5.74) is 3.81. The summed E-state index contributed by atoms with van der Waals surface area (Å²) in [6.07, 6.45) is 2.16. The Morgan fingerprint density at radius 2 is 2.03 bits per heavy atom. The molecule has 0 spiro atoms.